The molecule has 94 valence electrons. The van der Waals surface area contributed by atoms with Crippen LogP contribution in [0.25, 0.3) is 0 Å². The molecule has 1 aliphatic carbocycles. The van der Waals surface area contributed by atoms with Crippen molar-refractivity contribution in [1.29, 1.82) is 0 Å². The molecule has 0 spiro atoms. The van der Waals surface area contributed by atoms with Crippen LogP contribution >= 0.6 is 15.9 Å². The van der Waals surface area contributed by atoms with Crippen molar-refractivity contribution in [3.05, 3.63) is 34.3 Å². The molecule has 1 fully saturated rings. The van der Waals surface area contributed by atoms with Crippen molar-refractivity contribution < 1.29 is 5.11 Å². The molecule has 1 saturated carbocycles. The molecule has 1 atom stereocenters. The Hall–Kier alpha value is -0.380. The van der Waals surface area contributed by atoms with Crippen LogP contribution in [-0.4, -0.2) is 18.2 Å². The molecule has 0 bridgehead atoms. The molecule has 1 unspecified atom stereocenters. The van der Waals surface area contributed by atoms with Crippen LogP contribution in [0.3, 0.4) is 0 Å². The summed E-state index contributed by atoms with van der Waals surface area (Å²) in [6, 6.07) is 7.86. The van der Waals surface area contributed by atoms with E-state index in [0.29, 0.717) is 12.0 Å². The average Bonchev–Trinajstić information content (AvgIpc) is 3.10. The highest BCUT2D eigenvalue weighted by Crippen LogP contribution is 2.47. The van der Waals surface area contributed by atoms with E-state index in [4.69, 9.17) is 0 Å². The summed E-state index contributed by atoms with van der Waals surface area (Å²) in [5, 5.41) is 13.4. The molecule has 0 amide bonds. The van der Waals surface area contributed by atoms with Crippen LogP contribution in [0.4, 0.5) is 0 Å². The first-order valence-corrected chi connectivity index (χ1v) is 7.09. The highest BCUT2D eigenvalue weighted by Gasteiger charge is 2.39. The molecule has 0 heterocycles. The highest BCUT2D eigenvalue weighted by molar-refractivity contribution is 9.10. The Morgan fingerprint density at radius 3 is 2.82 bits per heavy atom. The molecule has 3 heteroatoms. The Morgan fingerprint density at radius 1 is 1.47 bits per heavy atom. The van der Waals surface area contributed by atoms with Gasteiger partial charge in [-0.2, -0.15) is 0 Å². The van der Waals surface area contributed by atoms with Crippen molar-refractivity contribution in [3.63, 3.8) is 0 Å². The second-order valence-electron chi connectivity index (χ2n) is 5.06. The van der Waals surface area contributed by atoms with Gasteiger partial charge in [0.25, 0.3) is 0 Å². The molecule has 1 aromatic carbocycles. The van der Waals surface area contributed by atoms with Crippen molar-refractivity contribution in [3.8, 4) is 0 Å². The summed E-state index contributed by atoms with van der Waals surface area (Å²) in [6.07, 6.45) is 3.50. The highest BCUT2D eigenvalue weighted by atomic mass is 79.9. The van der Waals surface area contributed by atoms with Crippen molar-refractivity contribution in [1.82, 2.24) is 5.32 Å². The zero-order valence-electron chi connectivity index (χ0n) is 10.2. The smallest absolute Gasteiger partial charge is 0.0914 e. The summed E-state index contributed by atoms with van der Waals surface area (Å²) in [5.74, 6) is 0. The van der Waals surface area contributed by atoms with Crippen LogP contribution < -0.4 is 5.32 Å². The van der Waals surface area contributed by atoms with Gasteiger partial charge in [-0.25, -0.2) is 0 Å². The number of halogens is 1. The fourth-order valence-electron chi connectivity index (χ4n) is 2.14. The van der Waals surface area contributed by atoms with Gasteiger partial charge in [-0.3, -0.25) is 0 Å². The Morgan fingerprint density at radius 2 is 2.24 bits per heavy atom. The van der Waals surface area contributed by atoms with Crippen LogP contribution in [0, 0.1) is 5.41 Å². The predicted molar refractivity (Wildman–Crippen MR) is 73.9 cm³/mol. The van der Waals surface area contributed by atoms with Crippen LogP contribution in [-0.2, 0) is 0 Å². The summed E-state index contributed by atoms with van der Waals surface area (Å²) >= 11 is 3.42. The Balaban J connectivity index is 1.79. The molecule has 0 radical (unpaired) electrons. The summed E-state index contributed by atoms with van der Waals surface area (Å²) in [7, 11) is 0. The summed E-state index contributed by atoms with van der Waals surface area (Å²) in [4.78, 5) is 0. The summed E-state index contributed by atoms with van der Waals surface area (Å²) in [5.41, 5.74) is 1.50. The largest absolute Gasteiger partial charge is 0.387 e. The second kappa shape index (κ2) is 5.51. The molecule has 1 aliphatic rings. The van der Waals surface area contributed by atoms with E-state index in [1.54, 1.807) is 0 Å². The van der Waals surface area contributed by atoms with Gasteiger partial charge in [-0.1, -0.05) is 35.0 Å². The lowest BCUT2D eigenvalue weighted by Crippen LogP contribution is -2.28. The second-order valence-corrected chi connectivity index (χ2v) is 5.97. The Bertz CT molecular complexity index is 376. The van der Waals surface area contributed by atoms with E-state index in [2.05, 4.69) is 28.2 Å². The van der Waals surface area contributed by atoms with Crippen LogP contribution in [0.2, 0.25) is 0 Å². The SMILES string of the molecule is CCC1(CNCC(O)c2cccc(Br)c2)CC1. The van der Waals surface area contributed by atoms with Gasteiger partial charge in [0.2, 0.25) is 0 Å². The molecule has 0 aliphatic heterocycles. The van der Waals surface area contributed by atoms with E-state index in [1.807, 2.05) is 24.3 Å². The van der Waals surface area contributed by atoms with Gasteiger partial charge in [0.1, 0.15) is 0 Å². The normalized spacial score (nSPS) is 19.0. The van der Waals surface area contributed by atoms with Crippen molar-refractivity contribution in [2.45, 2.75) is 32.3 Å². The molecular formula is C14H20BrNO. The van der Waals surface area contributed by atoms with Gasteiger partial charge >= 0.3 is 0 Å². The van der Waals surface area contributed by atoms with E-state index in [0.717, 1.165) is 16.6 Å². The lowest BCUT2D eigenvalue weighted by molar-refractivity contribution is 0.171. The minimum absolute atomic E-state index is 0.417. The quantitative estimate of drug-likeness (QED) is 0.845. The topological polar surface area (TPSA) is 32.3 Å². The molecule has 1 aromatic rings. The standard InChI is InChI=1S/C14H20BrNO/c1-2-14(6-7-14)10-16-9-13(17)11-4-3-5-12(15)8-11/h3-5,8,13,16-17H,2,6-7,9-10H2,1H3. The third-order valence-electron chi connectivity index (χ3n) is 3.78. The third-order valence-corrected chi connectivity index (χ3v) is 4.27. The van der Waals surface area contributed by atoms with Gasteiger partial charge in [0.15, 0.2) is 0 Å². The molecule has 0 aromatic heterocycles. The number of aliphatic hydroxyl groups excluding tert-OH is 1. The van der Waals surface area contributed by atoms with Crippen molar-refractivity contribution in [2.24, 2.45) is 5.41 Å². The molecule has 2 nitrogen and oxygen atoms in total. The molecule has 0 saturated heterocycles. The third kappa shape index (κ3) is 3.54. The van der Waals surface area contributed by atoms with Crippen LogP contribution in [0.15, 0.2) is 28.7 Å². The summed E-state index contributed by atoms with van der Waals surface area (Å²) < 4.78 is 1.02. The average molecular weight is 298 g/mol. The van der Waals surface area contributed by atoms with E-state index in [9.17, 15) is 5.11 Å². The molecular weight excluding hydrogens is 278 g/mol. The van der Waals surface area contributed by atoms with Crippen molar-refractivity contribution >= 4 is 15.9 Å². The number of benzene rings is 1. The number of nitrogens with one attached hydrogen (secondary N) is 1. The maximum absolute atomic E-state index is 10.1. The summed E-state index contributed by atoms with van der Waals surface area (Å²) in [6.45, 7) is 3.92. The van der Waals surface area contributed by atoms with Crippen LogP contribution in [0.5, 0.6) is 0 Å². The van der Waals surface area contributed by atoms with E-state index in [1.165, 1.54) is 19.3 Å². The monoisotopic (exact) mass is 297 g/mol. The minimum atomic E-state index is -0.417. The van der Waals surface area contributed by atoms with Gasteiger partial charge in [0.05, 0.1) is 6.10 Å². The number of hydrogen-bond donors (Lipinski definition) is 2. The zero-order chi connectivity index (χ0) is 12.3. The predicted octanol–water partition coefficient (Wildman–Crippen LogP) is 3.26. The lowest BCUT2D eigenvalue weighted by Gasteiger charge is -2.16. The fraction of sp³-hybridized carbons (Fsp3) is 0.571. The first-order valence-electron chi connectivity index (χ1n) is 6.29. The Labute approximate surface area is 112 Å². The van der Waals surface area contributed by atoms with E-state index >= 15 is 0 Å². The van der Waals surface area contributed by atoms with Gasteiger partial charge in [-0.05, 0) is 42.4 Å². The number of aliphatic hydroxyl groups is 1. The Kier molecular flexibility index (Phi) is 4.23. The first kappa shape index (κ1) is 13.1. The van der Waals surface area contributed by atoms with Gasteiger partial charge < -0.3 is 10.4 Å². The molecule has 2 N–H and O–H groups in total. The van der Waals surface area contributed by atoms with Crippen molar-refractivity contribution in [2.75, 3.05) is 13.1 Å². The van der Waals surface area contributed by atoms with Gasteiger partial charge in [0, 0.05) is 17.6 Å². The number of hydrogen-bond acceptors (Lipinski definition) is 2. The van der Waals surface area contributed by atoms with E-state index < -0.39 is 6.10 Å². The van der Waals surface area contributed by atoms with E-state index in [-0.39, 0.29) is 0 Å². The first-order chi connectivity index (χ1) is 8.15. The maximum Gasteiger partial charge on any atom is 0.0914 e. The zero-order valence-corrected chi connectivity index (χ0v) is 11.8. The molecule has 17 heavy (non-hydrogen) atoms. The van der Waals surface area contributed by atoms with Gasteiger partial charge in [-0.15, -0.1) is 0 Å². The fourth-order valence-corrected chi connectivity index (χ4v) is 2.55. The lowest BCUT2D eigenvalue weighted by atomic mass is 10.0. The maximum atomic E-state index is 10.1. The molecule has 2 rings (SSSR count). The van der Waals surface area contributed by atoms with Crippen LogP contribution in [0.1, 0.15) is 37.9 Å². The minimum Gasteiger partial charge on any atom is -0.387 e. The number of rotatable bonds is 6.